The summed E-state index contributed by atoms with van der Waals surface area (Å²) in [6.07, 6.45) is 14.8. The average Bonchev–Trinajstić information content (AvgIpc) is 2.90. The zero-order valence-electron chi connectivity index (χ0n) is 9.79. The Balaban J connectivity index is 1.69. The van der Waals surface area contributed by atoms with E-state index in [1.807, 2.05) is 0 Å². The van der Waals surface area contributed by atoms with E-state index in [-0.39, 0.29) is 0 Å². The van der Waals surface area contributed by atoms with Crippen LogP contribution < -0.4 is 0 Å². The Labute approximate surface area is 96.6 Å². The standard InChI is InChI=1S/C13H25OP/c15-14-13(12-7-3-4-8-12)10-9-11-5-1-2-6-11/h11-13H,1-10,15H2. The van der Waals surface area contributed by atoms with Gasteiger partial charge in [0.25, 0.3) is 0 Å². The molecule has 2 heteroatoms. The van der Waals surface area contributed by atoms with Gasteiger partial charge in [0.2, 0.25) is 0 Å². The van der Waals surface area contributed by atoms with E-state index in [1.54, 1.807) is 0 Å². The maximum absolute atomic E-state index is 5.61. The summed E-state index contributed by atoms with van der Waals surface area (Å²) < 4.78 is 5.61. The van der Waals surface area contributed by atoms with Crippen molar-refractivity contribution in [2.75, 3.05) is 0 Å². The Kier molecular flexibility index (Phi) is 4.91. The topological polar surface area (TPSA) is 9.23 Å². The van der Waals surface area contributed by atoms with Crippen LogP contribution in [0.4, 0.5) is 0 Å². The van der Waals surface area contributed by atoms with Gasteiger partial charge in [-0.2, -0.15) is 0 Å². The minimum atomic E-state index is 0.540. The van der Waals surface area contributed by atoms with Crippen LogP contribution in [0.1, 0.15) is 64.2 Å². The van der Waals surface area contributed by atoms with Crippen LogP contribution in [0.5, 0.6) is 0 Å². The first-order valence-electron chi connectivity index (χ1n) is 6.75. The van der Waals surface area contributed by atoms with Crippen molar-refractivity contribution in [1.29, 1.82) is 0 Å². The molecule has 0 saturated heterocycles. The van der Waals surface area contributed by atoms with Gasteiger partial charge in [-0.05, 0) is 37.5 Å². The van der Waals surface area contributed by atoms with Crippen molar-refractivity contribution >= 4 is 9.47 Å². The third-order valence-corrected chi connectivity index (χ3v) is 4.78. The fourth-order valence-electron chi connectivity index (χ4n) is 3.44. The largest absolute Gasteiger partial charge is 0.362 e. The molecule has 2 fully saturated rings. The van der Waals surface area contributed by atoms with E-state index in [1.165, 1.54) is 64.2 Å². The highest BCUT2D eigenvalue weighted by Gasteiger charge is 2.26. The quantitative estimate of drug-likeness (QED) is 0.637. The lowest BCUT2D eigenvalue weighted by atomic mass is 9.92. The molecule has 2 unspecified atom stereocenters. The minimum Gasteiger partial charge on any atom is -0.362 e. The summed E-state index contributed by atoms with van der Waals surface area (Å²) in [6.45, 7) is 0. The van der Waals surface area contributed by atoms with Gasteiger partial charge in [-0.1, -0.05) is 38.5 Å². The Morgan fingerprint density at radius 3 is 2.20 bits per heavy atom. The summed E-state index contributed by atoms with van der Waals surface area (Å²) in [5.74, 6) is 1.89. The molecule has 0 amide bonds. The monoisotopic (exact) mass is 228 g/mol. The number of rotatable bonds is 5. The molecule has 2 saturated carbocycles. The van der Waals surface area contributed by atoms with Gasteiger partial charge in [-0.15, -0.1) is 0 Å². The molecule has 2 aliphatic carbocycles. The number of hydrogen-bond donors (Lipinski definition) is 0. The predicted octanol–water partition coefficient (Wildman–Crippen LogP) is 4.32. The van der Waals surface area contributed by atoms with E-state index >= 15 is 0 Å². The van der Waals surface area contributed by atoms with Crippen molar-refractivity contribution in [3.8, 4) is 0 Å². The maximum atomic E-state index is 5.61. The van der Waals surface area contributed by atoms with E-state index in [0.29, 0.717) is 6.10 Å². The van der Waals surface area contributed by atoms with E-state index in [0.717, 1.165) is 11.8 Å². The molecule has 0 spiro atoms. The van der Waals surface area contributed by atoms with E-state index < -0.39 is 0 Å². The van der Waals surface area contributed by atoms with Crippen LogP contribution in [0.2, 0.25) is 0 Å². The van der Waals surface area contributed by atoms with Gasteiger partial charge >= 0.3 is 0 Å². The van der Waals surface area contributed by atoms with Crippen molar-refractivity contribution in [1.82, 2.24) is 0 Å². The fourth-order valence-corrected chi connectivity index (χ4v) is 3.80. The SMILES string of the molecule is POC(CCC1CCCC1)C1CCCC1. The molecule has 0 aromatic carbocycles. The van der Waals surface area contributed by atoms with E-state index in [4.69, 9.17) is 4.52 Å². The van der Waals surface area contributed by atoms with Gasteiger partial charge in [0.1, 0.15) is 0 Å². The van der Waals surface area contributed by atoms with Crippen LogP contribution in [0.3, 0.4) is 0 Å². The van der Waals surface area contributed by atoms with Crippen LogP contribution in [-0.4, -0.2) is 6.10 Å². The molecule has 0 aliphatic heterocycles. The van der Waals surface area contributed by atoms with Crippen LogP contribution in [0.15, 0.2) is 0 Å². The highest BCUT2D eigenvalue weighted by molar-refractivity contribution is 7.09. The highest BCUT2D eigenvalue weighted by atomic mass is 31.0. The summed E-state index contributed by atoms with van der Waals surface area (Å²) in [6, 6.07) is 0. The second kappa shape index (κ2) is 6.21. The fraction of sp³-hybridized carbons (Fsp3) is 1.00. The summed E-state index contributed by atoms with van der Waals surface area (Å²) in [4.78, 5) is 0. The second-order valence-electron chi connectivity index (χ2n) is 5.45. The molecule has 0 bridgehead atoms. The molecular weight excluding hydrogens is 203 g/mol. The first-order chi connectivity index (χ1) is 7.40. The lowest BCUT2D eigenvalue weighted by Gasteiger charge is -2.23. The van der Waals surface area contributed by atoms with Crippen molar-refractivity contribution in [3.63, 3.8) is 0 Å². The molecule has 0 radical (unpaired) electrons. The van der Waals surface area contributed by atoms with Gasteiger partial charge < -0.3 is 4.52 Å². The lowest BCUT2D eigenvalue weighted by Crippen LogP contribution is -2.19. The Bertz CT molecular complexity index is 171. The van der Waals surface area contributed by atoms with Crippen LogP contribution in [0, 0.1) is 11.8 Å². The van der Waals surface area contributed by atoms with Crippen molar-refractivity contribution < 1.29 is 4.52 Å². The van der Waals surface area contributed by atoms with E-state index in [9.17, 15) is 0 Å². The van der Waals surface area contributed by atoms with Crippen LogP contribution in [0.25, 0.3) is 0 Å². The van der Waals surface area contributed by atoms with E-state index in [2.05, 4.69) is 9.47 Å². The molecule has 1 nitrogen and oxygen atoms in total. The second-order valence-corrected chi connectivity index (χ2v) is 5.72. The summed E-state index contributed by atoms with van der Waals surface area (Å²) in [7, 11) is 2.50. The molecule has 2 aliphatic rings. The molecular formula is C13H25OP. The molecule has 0 N–H and O–H groups in total. The third kappa shape index (κ3) is 3.43. The maximum Gasteiger partial charge on any atom is 0.0639 e. The van der Waals surface area contributed by atoms with Crippen molar-refractivity contribution in [2.24, 2.45) is 11.8 Å². The third-order valence-electron chi connectivity index (χ3n) is 4.43. The first-order valence-corrected chi connectivity index (χ1v) is 7.23. The predicted molar refractivity (Wildman–Crippen MR) is 67.7 cm³/mol. The normalized spacial score (nSPS) is 26.2. The van der Waals surface area contributed by atoms with Gasteiger partial charge in [0.05, 0.1) is 6.10 Å². The Morgan fingerprint density at radius 1 is 1.00 bits per heavy atom. The minimum absolute atomic E-state index is 0.540. The summed E-state index contributed by atoms with van der Waals surface area (Å²) >= 11 is 0. The summed E-state index contributed by atoms with van der Waals surface area (Å²) in [5, 5.41) is 0. The molecule has 2 atom stereocenters. The highest BCUT2D eigenvalue weighted by Crippen LogP contribution is 2.35. The van der Waals surface area contributed by atoms with Gasteiger partial charge in [0, 0.05) is 9.47 Å². The van der Waals surface area contributed by atoms with Crippen LogP contribution in [-0.2, 0) is 4.52 Å². The molecule has 0 aromatic heterocycles. The van der Waals surface area contributed by atoms with Gasteiger partial charge in [-0.25, -0.2) is 0 Å². The van der Waals surface area contributed by atoms with Crippen molar-refractivity contribution in [3.05, 3.63) is 0 Å². The average molecular weight is 228 g/mol. The zero-order valence-corrected chi connectivity index (χ0v) is 10.9. The Morgan fingerprint density at radius 2 is 1.60 bits per heavy atom. The first kappa shape index (κ1) is 11.9. The Hall–Kier alpha value is 0.390. The lowest BCUT2D eigenvalue weighted by molar-refractivity contribution is 0.143. The van der Waals surface area contributed by atoms with Crippen LogP contribution >= 0.6 is 9.47 Å². The molecule has 88 valence electrons. The number of hydrogen-bond acceptors (Lipinski definition) is 1. The van der Waals surface area contributed by atoms with Crippen molar-refractivity contribution in [2.45, 2.75) is 70.3 Å². The van der Waals surface area contributed by atoms with Gasteiger partial charge in [-0.3, -0.25) is 0 Å². The molecule has 15 heavy (non-hydrogen) atoms. The zero-order chi connectivity index (χ0) is 10.5. The summed E-state index contributed by atoms with van der Waals surface area (Å²) in [5.41, 5.74) is 0. The smallest absolute Gasteiger partial charge is 0.0639 e. The molecule has 2 rings (SSSR count). The molecule has 0 heterocycles. The van der Waals surface area contributed by atoms with Gasteiger partial charge in [0.15, 0.2) is 0 Å². The molecule has 0 aromatic rings.